The van der Waals surface area contributed by atoms with Gasteiger partial charge in [-0.05, 0) is 19.9 Å². The summed E-state index contributed by atoms with van der Waals surface area (Å²) in [5.41, 5.74) is 0. The lowest BCUT2D eigenvalue weighted by atomic mass is 10.3. The van der Waals surface area contributed by atoms with E-state index in [9.17, 15) is 4.79 Å². The third-order valence-corrected chi connectivity index (χ3v) is 1.46. The normalized spacial score (nSPS) is 14.8. The third kappa shape index (κ3) is 5.38. The SMILES string of the molecule is C=CC(=O)N(CC(C)O)CC(C)O. The second kappa shape index (κ2) is 5.72. The number of aliphatic hydroxyl groups excluding tert-OH is 2. The summed E-state index contributed by atoms with van der Waals surface area (Å²) in [5, 5.41) is 18.1. The number of aliphatic hydroxyl groups is 2. The minimum Gasteiger partial charge on any atom is -0.392 e. The van der Waals surface area contributed by atoms with Gasteiger partial charge in [0, 0.05) is 13.1 Å². The molecule has 13 heavy (non-hydrogen) atoms. The summed E-state index contributed by atoms with van der Waals surface area (Å²) in [6, 6.07) is 0. The smallest absolute Gasteiger partial charge is 0.246 e. The zero-order valence-electron chi connectivity index (χ0n) is 8.10. The molecule has 0 rings (SSSR count). The average molecular weight is 187 g/mol. The molecule has 2 N–H and O–H groups in total. The van der Waals surface area contributed by atoms with Crippen LogP contribution in [0.5, 0.6) is 0 Å². The number of hydrogen-bond donors (Lipinski definition) is 2. The lowest BCUT2D eigenvalue weighted by molar-refractivity contribution is -0.128. The number of carbonyl (C=O) groups excluding carboxylic acids is 1. The predicted octanol–water partition coefficient (Wildman–Crippen LogP) is -0.237. The van der Waals surface area contributed by atoms with Gasteiger partial charge in [-0.3, -0.25) is 4.79 Å². The lowest BCUT2D eigenvalue weighted by Crippen LogP contribution is -2.39. The molecule has 0 fully saturated rings. The fraction of sp³-hybridized carbons (Fsp3) is 0.667. The molecule has 0 heterocycles. The Morgan fingerprint density at radius 1 is 1.38 bits per heavy atom. The largest absolute Gasteiger partial charge is 0.392 e. The molecule has 4 nitrogen and oxygen atoms in total. The summed E-state index contributed by atoms with van der Waals surface area (Å²) in [6.07, 6.45) is -0.0181. The molecule has 1 amide bonds. The summed E-state index contributed by atoms with van der Waals surface area (Å²) >= 11 is 0. The summed E-state index contributed by atoms with van der Waals surface area (Å²) < 4.78 is 0. The monoisotopic (exact) mass is 187 g/mol. The summed E-state index contributed by atoms with van der Waals surface area (Å²) in [7, 11) is 0. The highest BCUT2D eigenvalue weighted by molar-refractivity contribution is 5.87. The van der Waals surface area contributed by atoms with E-state index in [-0.39, 0.29) is 19.0 Å². The van der Waals surface area contributed by atoms with Gasteiger partial charge in [-0.15, -0.1) is 0 Å². The highest BCUT2D eigenvalue weighted by Crippen LogP contribution is 1.97. The van der Waals surface area contributed by atoms with Gasteiger partial charge in [0.2, 0.25) is 5.91 Å². The van der Waals surface area contributed by atoms with Crippen LogP contribution in [0.25, 0.3) is 0 Å². The number of carbonyl (C=O) groups is 1. The van der Waals surface area contributed by atoms with Crippen LogP contribution < -0.4 is 0 Å². The molecular formula is C9H17NO3. The molecule has 0 aliphatic heterocycles. The Bertz CT molecular complexity index is 168. The van der Waals surface area contributed by atoms with Gasteiger partial charge in [0.15, 0.2) is 0 Å². The fourth-order valence-electron chi connectivity index (χ4n) is 1.02. The molecule has 76 valence electrons. The van der Waals surface area contributed by atoms with Crippen molar-refractivity contribution in [3.05, 3.63) is 12.7 Å². The molecule has 0 aromatic rings. The first kappa shape index (κ1) is 12.1. The lowest BCUT2D eigenvalue weighted by Gasteiger charge is -2.23. The first-order chi connectivity index (χ1) is 5.97. The van der Waals surface area contributed by atoms with E-state index in [0.29, 0.717) is 0 Å². The minimum atomic E-state index is -0.595. The maximum absolute atomic E-state index is 11.2. The molecule has 2 unspecified atom stereocenters. The van der Waals surface area contributed by atoms with Crippen molar-refractivity contribution in [3.8, 4) is 0 Å². The number of hydrogen-bond acceptors (Lipinski definition) is 3. The van der Waals surface area contributed by atoms with Gasteiger partial charge in [0.1, 0.15) is 0 Å². The van der Waals surface area contributed by atoms with Gasteiger partial charge in [0.25, 0.3) is 0 Å². The van der Waals surface area contributed by atoms with Crippen LogP contribution in [0.4, 0.5) is 0 Å². The highest BCUT2D eigenvalue weighted by Gasteiger charge is 2.14. The molecule has 0 aromatic heterocycles. The summed E-state index contributed by atoms with van der Waals surface area (Å²) in [5.74, 6) is -0.276. The number of rotatable bonds is 5. The van der Waals surface area contributed by atoms with E-state index < -0.39 is 12.2 Å². The molecule has 2 atom stereocenters. The van der Waals surface area contributed by atoms with E-state index in [2.05, 4.69) is 6.58 Å². The van der Waals surface area contributed by atoms with Crippen LogP contribution in [0, 0.1) is 0 Å². The molecular weight excluding hydrogens is 170 g/mol. The standard InChI is InChI=1S/C9H17NO3/c1-4-9(13)10(5-7(2)11)6-8(3)12/h4,7-8,11-12H,1,5-6H2,2-3H3. The number of nitrogens with zero attached hydrogens (tertiary/aromatic N) is 1. The van der Waals surface area contributed by atoms with Crippen LogP contribution in [0.2, 0.25) is 0 Å². The second-order valence-electron chi connectivity index (χ2n) is 3.15. The second-order valence-corrected chi connectivity index (χ2v) is 3.15. The zero-order valence-corrected chi connectivity index (χ0v) is 8.10. The van der Waals surface area contributed by atoms with E-state index in [0.717, 1.165) is 0 Å². The van der Waals surface area contributed by atoms with E-state index in [1.807, 2.05) is 0 Å². The van der Waals surface area contributed by atoms with Crippen LogP contribution in [-0.4, -0.2) is 46.3 Å². The highest BCUT2D eigenvalue weighted by atomic mass is 16.3. The molecule has 0 aromatic carbocycles. The van der Waals surface area contributed by atoms with Crippen LogP contribution >= 0.6 is 0 Å². The van der Waals surface area contributed by atoms with Crippen LogP contribution in [0.3, 0.4) is 0 Å². The van der Waals surface area contributed by atoms with Gasteiger partial charge in [-0.25, -0.2) is 0 Å². The Balaban J connectivity index is 4.18. The van der Waals surface area contributed by atoms with Crippen LogP contribution in [0.15, 0.2) is 12.7 Å². The molecule has 4 heteroatoms. The first-order valence-corrected chi connectivity index (χ1v) is 4.24. The van der Waals surface area contributed by atoms with E-state index >= 15 is 0 Å². The van der Waals surface area contributed by atoms with Gasteiger partial charge >= 0.3 is 0 Å². The molecule has 0 aliphatic carbocycles. The Hall–Kier alpha value is -0.870. The average Bonchev–Trinajstić information content (AvgIpc) is 2.00. The third-order valence-electron chi connectivity index (χ3n) is 1.46. The molecule has 0 saturated carbocycles. The van der Waals surface area contributed by atoms with Gasteiger partial charge in [-0.1, -0.05) is 6.58 Å². The van der Waals surface area contributed by atoms with Gasteiger partial charge < -0.3 is 15.1 Å². The topological polar surface area (TPSA) is 60.8 Å². The molecule has 0 radical (unpaired) electrons. The van der Waals surface area contributed by atoms with Crippen molar-refractivity contribution < 1.29 is 15.0 Å². The molecule has 0 bridgehead atoms. The Labute approximate surface area is 78.5 Å². The van der Waals surface area contributed by atoms with Crippen LogP contribution in [0.1, 0.15) is 13.8 Å². The van der Waals surface area contributed by atoms with Crippen molar-refractivity contribution in [3.63, 3.8) is 0 Å². The Morgan fingerprint density at radius 3 is 2.00 bits per heavy atom. The number of amides is 1. The van der Waals surface area contributed by atoms with E-state index in [1.165, 1.54) is 11.0 Å². The van der Waals surface area contributed by atoms with Crippen molar-refractivity contribution in [1.29, 1.82) is 0 Å². The summed E-state index contributed by atoms with van der Waals surface area (Å²) in [4.78, 5) is 12.5. The van der Waals surface area contributed by atoms with Gasteiger partial charge in [0.05, 0.1) is 12.2 Å². The minimum absolute atomic E-state index is 0.218. The maximum atomic E-state index is 11.2. The fourth-order valence-corrected chi connectivity index (χ4v) is 1.02. The van der Waals surface area contributed by atoms with Crippen molar-refractivity contribution >= 4 is 5.91 Å². The van der Waals surface area contributed by atoms with Crippen molar-refractivity contribution in [2.75, 3.05) is 13.1 Å². The Morgan fingerprint density at radius 2 is 1.77 bits per heavy atom. The maximum Gasteiger partial charge on any atom is 0.246 e. The predicted molar refractivity (Wildman–Crippen MR) is 50.1 cm³/mol. The summed E-state index contributed by atoms with van der Waals surface area (Å²) in [6.45, 7) is 6.96. The van der Waals surface area contributed by atoms with Gasteiger partial charge in [-0.2, -0.15) is 0 Å². The Kier molecular flexibility index (Phi) is 5.34. The van der Waals surface area contributed by atoms with Crippen molar-refractivity contribution in [1.82, 2.24) is 4.90 Å². The zero-order chi connectivity index (χ0) is 10.4. The molecule has 0 aliphatic rings. The van der Waals surface area contributed by atoms with E-state index in [4.69, 9.17) is 10.2 Å². The van der Waals surface area contributed by atoms with E-state index in [1.54, 1.807) is 13.8 Å². The van der Waals surface area contributed by atoms with Crippen molar-refractivity contribution in [2.45, 2.75) is 26.1 Å². The quantitative estimate of drug-likeness (QED) is 0.584. The van der Waals surface area contributed by atoms with Crippen molar-refractivity contribution in [2.24, 2.45) is 0 Å². The molecule has 0 saturated heterocycles. The van der Waals surface area contributed by atoms with Crippen LogP contribution in [-0.2, 0) is 4.79 Å². The molecule has 0 spiro atoms. The first-order valence-electron chi connectivity index (χ1n) is 4.24.